The van der Waals surface area contributed by atoms with Gasteiger partial charge in [-0.2, -0.15) is 0 Å². The van der Waals surface area contributed by atoms with Crippen molar-refractivity contribution < 1.29 is 23.9 Å². The van der Waals surface area contributed by atoms with Crippen molar-refractivity contribution in [2.24, 2.45) is 17.3 Å². The number of nitrogens with one attached hydrogen (secondary N) is 4. The van der Waals surface area contributed by atoms with Crippen molar-refractivity contribution in [1.82, 2.24) is 20.9 Å². The number of carbonyl (C=O) groups excluding carboxylic acids is 4. The molecule has 2 amide bonds. The first-order valence-electron chi connectivity index (χ1n) is 12.5. The molecular weight excluding hydrogens is 484 g/mol. The fraction of sp³-hybridized carbons (Fsp3) is 0.538. The highest BCUT2D eigenvalue weighted by Crippen LogP contribution is 2.53. The van der Waals surface area contributed by atoms with E-state index >= 15 is 0 Å². The molecule has 4 N–H and O–H groups in total. The molecule has 192 valence electrons. The third-order valence-electron chi connectivity index (χ3n) is 8.19. The largest absolute Gasteiger partial charge is 0.467 e. The highest BCUT2D eigenvalue weighted by molar-refractivity contribution is 6.31. The van der Waals surface area contributed by atoms with Crippen LogP contribution in [0.1, 0.15) is 49.0 Å². The first-order chi connectivity index (χ1) is 17.3. The Balaban J connectivity index is 1.24. The number of methoxy groups -OCH3 is 1. The van der Waals surface area contributed by atoms with Crippen LogP contribution in [0.2, 0.25) is 5.02 Å². The van der Waals surface area contributed by atoms with Gasteiger partial charge in [-0.15, -0.1) is 0 Å². The predicted molar refractivity (Wildman–Crippen MR) is 134 cm³/mol. The van der Waals surface area contributed by atoms with Crippen LogP contribution in [-0.2, 0) is 19.1 Å². The van der Waals surface area contributed by atoms with Crippen LogP contribution in [0.15, 0.2) is 24.3 Å². The van der Waals surface area contributed by atoms with E-state index in [1.54, 1.807) is 12.1 Å². The first-order valence-corrected chi connectivity index (χ1v) is 12.9. The Bertz CT molecular complexity index is 1210. The number of aromatic amines is 1. The van der Waals surface area contributed by atoms with Gasteiger partial charge in [0.1, 0.15) is 6.04 Å². The van der Waals surface area contributed by atoms with Gasteiger partial charge < -0.3 is 25.7 Å². The molecule has 5 rings (SSSR count). The van der Waals surface area contributed by atoms with E-state index in [9.17, 15) is 19.2 Å². The highest BCUT2D eigenvalue weighted by Gasteiger charge is 2.55. The Hall–Kier alpha value is -2.91. The van der Waals surface area contributed by atoms with Crippen LogP contribution in [0.5, 0.6) is 0 Å². The topological polar surface area (TPSA) is 129 Å². The molecule has 0 radical (unpaired) electrons. The van der Waals surface area contributed by atoms with Crippen LogP contribution in [0.3, 0.4) is 0 Å². The number of Topliss-reactive ketones (excluding diaryl/α,β-unsaturated/α-hetero) is 1. The molecular formula is C26H31ClN4O5. The van der Waals surface area contributed by atoms with Crippen molar-refractivity contribution in [3.8, 4) is 0 Å². The minimum absolute atomic E-state index is 0.0483. The Morgan fingerprint density at radius 3 is 2.81 bits per heavy atom. The molecule has 1 saturated carbocycles. The van der Waals surface area contributed by atoms with Crippen molar-refractivity contribution in [2.75, 3.05) is 20.2 Å². The monoisotopic (exact) mass is 514 g/mol. The molecule has 0 bridgehead atoms. The van der Waals surface area contributed by atoms with Crippen molar-refractivity contribution >= 4 is 46.1 Å². The summed E-state index contributed by atoms with van der Waals surface area (Å²) in [6, 6.07) is 5.92. The van der Waals surface area contributed by atoms with Gasteiger partial charge in [0, 0.05) is 40.9 Å². The Morgan fingerprint density at radius 1 is 1.25 bits per heavy atom. The van der Waals surface area contributed by atoms with E-state index in [2.05, 4.69) is 20.9 Å². The van der Waals surface area contributed by atoms with Gasteiger partial charge in [0.15, 0.2) is 5.78 Å². The summed E-state index contributed by atoms with van der Waals surface area (Å²) < 4.78 is 4.89. The zero-order valence-electron chi connectivity index (χ0n) is 20.2. The number of fused-ring (bicyclic) bond motifs is 1. The van der Waals surface area contributed by atoms with E-state index in [0.717, 1.165) is 30.2 Å². The van der Waals surface area contributed by atoms with Crippen LogP contribution in [-0.4, -0.2) is 60.8 Å². The number of ether oxygens (including phenoxy) is 1. The summed E-state index contributed by atoms with van der Waals surface area (Å²) in [5, 5.41) is 10.4. The van der Waals surface area contributed by atoms with Gasteiger partial charge in [-0.3, -0.25) is 14.4 Å². The molecule has 3 aliphatic rings. The Morgan fingerprint density at radius 2 is 2.08 bits per heavy atom. The maximum Gasteiger partial charge on any atom is 0.328 e. The number of ketones is 1. The van der Waals surface area contributed by atoms with Gasteiger partial charge in [-0.25, -0.2) is 4.79 Å². The van der Waals surface area contributed by atoms with Crippen molar-refractivity contribution in [3.63, 3.8) is 0 Å². The summed E-state index contributed by atoms with van der Waals surface area (Å²) in [4.78, 5) is 54.3. The van der Waals surface area contributed by atoms with E-state index in [4.69, 9.17) is 16.3 Å². The number of hydrogen-bond acceptors (Lipinski definition) is 6. The summed E-state index contributed by atoms with van der Waals surface area (Å²) >= 11 is 6.08. The SMILES string of the molecule is COC(=O)[C@H](C[C@@H]1CCCNC1=O)NC(=O)C1CC2(CCC2C(=O)c2cc3ccc(Cl)cc3[nH]2)CN1. The van der Waals surface area contributed by atoms with E-state index in [0.29, 0.717) is 36.6 Å². The molecule has 5 atom stereocenters. The molecule has 3 heterocycles. The van der Waals surface area contributed by atoms with Gasteiger partial charge >= 0.3 is 5.97 Å². The van der Waals surface area contributed by atoms with Crippen molar-refractivity contribution in [1.29, 1.82) is 0 Å². The minimum Gasteiger partial charge on any atom is -0.467 e. The quantitative estimate of drug-likeness (QED) is 0.331. The molecule has 1 aromatic carbocycles. The summed E-state index contributed by atoms with van der Waals surface area (Å²) in [5.74, 6) is -1.45. The molecule has 2 aliphatic heterocycles. The van der Waals surface area contributed by atoms with Crippen molar-refractivity contribution in [2.45, 2.75) is 50.6 Å². The number of H-pyrrole nitrogens is 1. The molecule has 1 aromatic heterocycles. The van der Waals surface area contributed by atoms with Gasteiger partial charge in [0.05, 0.1) is 18.8 Å². The molecule has 1 aliphatic carbocycles. The average Bonchev–Trinajstić information content (AvgIpc) is 3.50. The third kappa shape index (κ3) is 4.62. The number of aromatic nitrogens is 1. The second-order valence-electron chi connectivity index (χ2n) is 10.3. The van der Waals surface area contributed by atoms with Gasteiger partial charge in [-0.05, 0) is 62.1 Å². The number of amides is 2. The zero-order chi connectivity index (χ0) is 25.4. The maximum atomic E-state index is 13.4. The predicted octanol–water partition coefficient (Wildman–Crippen LogP) is 2.34. The molecule has 2 saturated heterocycles. The van der Waals surface area contributed by atoms with Gasteiger partial charge in [0.2, 0.25) is 11.8 Å². The Kier molecular flexibility index (Phi) is 6.78. The number of esters is 1. The second kappa shape index (κ2) is 9.86. The minimum atomic E-state index is -0.897. The first kappa shape index (κ1) is 24.8. The average molecular weight is 515 g/mol. The number of benzene rings is 1. The van der Waals surface area contributed by atoms with Crippen LogP contribution >= 0.6 is 11.6 Å². The molecule has 3 fully saturated rings. The smallest absolute Gasteiger partial charge is 0.328 e. The summed E-state index contributed by atoms with van der Waals surface area (Å²) in [5.41, 5.74) is 1.08. The summed E-state index contributed by atoms with van der Waals surface area (Å²) in [7, 11) is 1.27. The van der Waals surface area contributed by atoms with Crippen molar-refractivity contribution in [3.05, 3.63) is 35.0 Å². The third-order valence-corrected chi connectivity index (χ3v) is 8.42. The standard InChI is InChI=1S/C26H31ClN4O5/c1-36-25(35)20(10-15-3-2-8-28-23(15)33)31-24(34)21-12-26(13-29-21)7-6-17(26)22(32)19-9-14-4-5-16(27)11-18(14)30-19/h4-5,9,11,15,17,20-21,29-30H,2-3,6-8,10,12-13H2,1H3,(H,28,33)(H,31,34)/t15-,17?,20-,21?,26?/m0/s1. The van der Waals surface area contributed by atoms with Gasteiger partial charge in [0.25, 0.3) is 0 Å². The fourth-order valence-electron chi connectivity index (χ4n) is 6.02. The van der Waals surface area contributed by atoms with Crippen LogP contribution in [0.25, 0.3) is 10.9 Å². The molecule has 10 heteroatoms. The summed E-state index contributed by atoms with van der Waals surface area (Å²) in [6.45, 7) is 1.19. The number of hydrogen-bond donors (Lipinski definition) is 4. The lowest BCUT2D eigenvalue weighted by Gasteiger charge is -2.45. The molecule has 2 aromatic rings. The van der Waals surface area contributed by atoms with E-state index in [-0.39, 0.29) is 41.3 Å². The number of piperidine rings is 1. The maximum absolute atomic E-state index is 13.4. The number of carbonyl (C=O) groups is 4. The molecule has 1 spiro atoms. The number of halogens is 1. The van der Waals surface area contributed by atoms with Gasteiger partial charge in [-0.1, -0.05) is 17.7 Å². The van der Waals surface area contributed by atoms with Crippen LogP contribution in [0, 0.1) is 17.3 Å². The highest BCUT2D eigenvalue weighted by atomic mass is 35.5. The van der Waals surface area contributed by atoms with Crippen LogP contribution < -0.4 is 16.0 Å². The summed E-state index contributed by atoms with van der Waals surface area (Å²) in [6.07, 6.45) is 3.85. The van der Waals surface area contributed by atoms with E-state index < -0.39 is 18.1 Å². The lowest BCUT2D eigenvalue weighted by atomic mass is 9.57. The second-order valence-corrected chi connectivity index (χ2v) is 10.8. The van der Waals surface area contributed by atoms with E-state index in [1.165, 1.54) is 7.11 Å². The zero-order valence-corrected chi connectivity index (χ0v) is 21.0. The Labute approximate surface area is 214 Å². The van der Waals surface area contributed by atoms with Crippen LogP contribution in [0.4, 0.5) is 0 Å². The lowest BCUT2D eigenvalue weighted by Crippen LogP contribution is -2.51. The fourth-order valence-corrected chi connectivity index (χ4v) is 6.19. The van der Waals surface area contributed by atoms with E-state index in [1.807, 2.05) is 12.1 Å². The lowest BCUT2D eigenvalue weighted by molar-refractivity contribution is -0.146. The normalized spacial score (nSPS) is 28.4. The molecule has 36 heavy (non-hydrogen) atoms. The molecule has 3 unspecified atom stereocenters. The molecule has 9 nitrogen and oxygen atoms in total. The number of rotatable bonds is 7.